The van der Waals surface area contributed by atoms with Crippen molar-refractivity contribution in [3.63, 3.8) is 0 Å². The molecule has 1 aliphatic heterocycles. The third-order valence-electron chi connectivity index (χ3n) is 3.22. The first-order chi connectivity index (χ1) is 10.5. The summed E-state index contributed by atoms with van der Waals surface area (Å²) < 4.78 is 8.92. The summed E-state index contributed by atoms with van der Waals surface area (Å²) in [5.74, 6) is 0. The van der Waals surface area contributed by atoms with E-state index in [2.05, 4.69) is 30.9 Å². The van der Waals surface area contributed by atoms with Gasteiger partial charge in [0.2, 0.25) is 0 Å². The Bertz CT molecular complexity index is 754. The lowest BCUT2D eigenvalue weighted by atomic mass is 10.1. The molecule has 0 aliphatic carbocycles. The third kappa shape index (κ3) is 3.43. The van der Waals surface area contributed by atoms with Gasteiger partial charge in [0, 0.05) is 22.0 Å². The average molecular weight is 484 g/mol. The van der Waals surface area contributed by atoms with Gasteiger partial charge in [-0.2, -0.15) is 0 Å². The smallest absolute Gasteiger partial charge is 0.330 e. The molecule has 22 heavy (non-hydrogen) atoms. The van der Waals surface area contributed by atoms with Crippen LogP contribution < -0.4 is 11.2 Å². The van der Waals surface area contributed by atoms with Gasteiger partial charge in [-0.25, -0.2) is 4.79 Å². The molecule has 1 saturated heterocycles. The van der Waals surface area contributed by atoms with Crippen molar-refractivity contribution in [2.45, 2.75) is 24.8 Å². The zero-order valence-electron chi connectivity index (χ0n) is 11.0. The molecule has 0 saturated carbocycles. The van der Waals surface area contributed by atoms with Gasteiger partial charge in [-0.05, 0) is 25.5 Å². The Balaban J connectivity index is 2.43. The molecule has 9 nitrogen and oxygen atoms in total. The van der Waals surface area contributed by atoms with E-state index in [1.165, 1.54) is 10.8 Å². The molecular formula is C11H11BrIN5O4. The van der Waals surface area contributed by atoms with Crippen molar-refractivity contribution in [3.05, 3.63) is 47.1 Å². The molecule has 0 aromatic carbocycles. The molecule has 1 aliphatic rings. The molecule has 1 aromatic heterocycles. The zero-order valence-corrected chi connectivity index (χ0v) is 14.8. The Kier molecular flexibility index (Phi) is 5.81. The number of rotatable bonds is 4. The van der Waals surface area contributed by atoms with Crippen molar-refractivity contribution < 1.29 is 9.84 Å². The minimum absolute atomic E-state index is 0.228. The van der Waals surface area contributed by atoms with Gasteiger partial charge >= 0.3 is 5.69 Å². The highest BCUT2D eigenvalue weighted by Crippen LogP contribution is 2.30. The lowest BCUT2D eigenvalue weighted by Gasteiger charge is -2.15. The van der Waals surface area contributed by atoms with Gasteiger partial charge in [-0.1, -0.05) is 27.7 Å². The normalized spacial score (nSPS) is 25.0. The minimum atomic E-state index is -0.731. The number of aromatic nitrogens is 2. The summed E-state index contributed by atoms with van der Waals surface area (Å²) in [6.45, 7) is -0.331. The minimum Gasteiger partial charge on any atom is -0.394 e. The average Bonchev–Trinajstić information content (AvgIpc) is 2.90. The van der Waals surface area contributed by atoms with Gasteiger partial charge in [0.25, 0.3) is 5.56 Å². The van der Waals surface area contributed by atoms with Crippen molar-refractivity contribution >= 4 is 43.0 Å². The van der Waals surface area contributed by atoms with E-state index in [0.717, 1.165) is 0 Å². The van der Waals surface area contributed by atoms with Gasteiger partial charge in [0.05, 0.1) is 24.3 Å². The summed E-state index contributed by atoms with van der Waals surface area (Å²) in [6.07, 6.45) is 0.182. The highest BCUT2D eigenvalue weighted by molar-refractivity contribution is 14.1. The van der Waals surface area contributed by atoms with E-state index in [1.807, 2.05) is 22.6 Å². The van der Waals surface area contributed by atoms with Crippen LogP contribution in [0.4, 0.5) is 0 Å². The van der Waals surface area contributed by atoms with Gasteiger partial charge in [0.15, 0.2) is 0 Å². The van der Waals surface area contributed by atoms with E-state index in [-0.39, 0.29) is 18.6 Å². The molecular weight excluding hydrogens is 473 g/mol. The van der Waals surface area contributed by atoms with E-state index in [0.29, 0.717) is 4.48 Å². The number of hydrogen-bond donors (Lipinski definition) is 2. The van der Waals surface area contributed by atoms with Crippen LogP contribution in [0.3, 0.4) is 0 Å². The number of halogens is 2. The molecule has 3 atom stereocenters. The maximum absolute atomic E-state index is 12.0. The lowest BCUT2D eigenvalue weighted by molar-refractivity contribution is -0.0271. The zero-order chi connectivity index (χ0) is 16.3. The topological polar surface area (TPSA) is 133 Å². The fourth-order valence-corrected chi connectivity index (χ4v) is 2.78. The molecule has 1 aromatic rings. The molecule has 11 heteroatoms. The summed E-state index contributed by atoms with van der Waals surface area (Å²) in [5, 5.41) is 12.8. The van der Waals surface area contributed by atoms with Crippen LogP contribution >= 0.6 is 38.5 Å². The molecule has 2 N–H and O–H groups in total. The Morgan fingerprint density at radius 3 is 3.05 bits per heavy atom. The maximum atomic E-state index is 12.0. The van der Waals surface area contributed by atoms with E-state index in [4.69, 9.17) is 10.3 Å². The molecule has 0 spiro atoms. The van der Waals surface area contributed by atoms with E-state index in [9.17, 15) is 14.7 Å². The van der Waals surface area contributed by atoms with Crippen LogP contribution in [-0.2, 0) is 4.74 Å². The number of nitrogens with zero attached hydrogens (tertiary/aromatic N) is 4. The Hall–Kier alpha value is -1.14. The summed E-state index contributed by atoms with van der Waals surface area (Å²) in [4.78, 5) is 28.7. The molecule has 0 radical (unpaired) electrons. The van der Waals surface area contributed by atoms with Crippen LogP contribution in [0.25, 0.3) is 14.9 Å². The number of aliphatic hydroxyl groups excluding tert-OH is 1. The van der Waals surface area contributed by atoms with Crippen LogP contribution in [0.15, 0.2) is 25.0 Å². The number of aromatic amines is 1. The summed E-state index contributed by atoms with van der Waals surface area (Å²) in [7, 11) is 0. The lowest BCUT2D eigenvalue weighted by Crippen LogP contribution is -2.33. The van der Waals surface area contributed by atoms with E-state index >= 15 is 0 Å². The quantitative estimate of drug-likeness (QED) is 0.291. The highest BCUT2D eigenvalue weighted by atomic mass is 127. The van der Waals surface area contributed by atoms with E-state index < -0.39 is 29.6 Å². The summed E-state index contributed by atoms with van der Waals surface area (Å²) >= 11 is 5.19. The highest BCUT2D eigenvalue weighted by Gasteiger charge is 2.35. The van der Waals surface area contributed by atoms with Crippen LogP contribution in [-0.4, -0.2) is 33.4 Å². The number of H-pyrrole nitrogens is 1. The largest absolute Gasteiger partial charge is 0.394 e. The standard InChI is InChI=1S/C11H11BrIN5O4/c12-6(2-13)5-3-18(11(21)15-10(5)20)9-1-7(16-17-14)8(4-19)22-9/h2-3,7-9,19H,1,4H2,(H,15,20,21)/b6-2+/t7-,8+,9+/m0/s1. The second kappa shape index (κ2) is 7.42. The van der Waals surface area contributed by atoms with Crippen LogP contribution in [0, 0.1) is 0 Å². The molecule has 2 rings (SSSR count). The Labute approximate surface area is 145 Å². The van der Waals surface area contributed by atoms with Crippen molar-refractivity contribution in [3.8, 4) is 0 Å². The van der Waals surface area contributed by atoms with Crippen molar-refractivity contribution in [1.29, 1.82) is 0 Å². The number of hydrogen-bond acceptors (Lipinski definition) is 5. The molecule has 1 fully saturated rings. The third-order valence-corrected chi connectivity index (χ3v) is 5.35. The van der Waals surface area contributed by atoms with E-state index in [1.54, 1.807) is 4.08 Å². The van der Waals surface area contributed by atoms with Crippen LogP contribution in [0.1, 0.15) is 18.2 Å². The Morgan fingerprint density at radius 2 is 2.45 bits per heavy atom. The first kappa shape index (κ1) is 17.2. The fraction of sp³-hybridized carbons (Fsp3) is 0.455. The second-order valence-corrected chi connectivity index (χ2v) is 5.96. The first-order valence-corrected chi connectivity index (χ1v) is 8.18. The SMILES string of the molecule is [N-]=[N+]=N[C@H]1C[C@H](n2cc(/C(Br)=C\I)c(=O)[nH]c2=O)O[C@@H]1CO. The molecule has 118 valence electrons. The summed E-state index contributed by atoms with van der Waals surface area (Å²) in [5.41, 5.74) is 7.64. The van der Waals surface area contributed by atoms with Gasteiger partial charge in [-0.3, -0.25) is 14.3 Å². The number of azide groups is 1. The maximum Gasteiger partial charge on any atom is 0.330 e. The van der Waals surface area contributed by atoms with Crippen LogP contribution in [0.2, 0.25) is 0 Å². The van der Waals surface area contributed by atoms with Gasteiger partial charge in [0.1, 0.15) is 6.23 Å². The van der Waals surface area contributed by atoms with Crippen molar-refractivity contribution in [1.82, 2.24) is 9.55 Å². The molecule has 0 bridgehead atoms. The van der Waals surface area contributed by atoms with Crippen molar-refractivity contribution in [2.75, 3.05) is 6.61 Å². The number of ether oxygens (including phenoxy) is 1. The summed E-state index contributed by atoms with van der Waals surface area (Å²) in [6, 6.07) is -0.578. The molecule has 0 amide bonds. The fourth-order valence-electron chi connectivity index (χ4n) is 2.17. The monoisotopic (exact) mass is 483 g/mol. The van der Waals surface area contributed by atoms with Crippen molar-refractivity contribution in [2.24, 2.45) is 5.11 Å². The number of aliphatic hydroxyl groups is 1. The van der Waals surface area contributed by atoms with Crippen LogP contribution in [0.5, 0.6) is 0 Å². The first-order valence-electron chi connectivity index (χ1n) is 6.14. The second-order valence-electron chi connectivity index (χ2n) is 4.49. The predicted octanol–water partition coefficient (Wildman–Crippen LogP) is 1.62. The van der Waals surface area contributed by atoms with Gasteiger partial charge in [-0.15, -0.1) is 0 Å². The predicted molar refractivity (Wildman–Crippen MR) is 90.8 cm³/mol. The van der Waals surface area contributed by atoms with Gasteiger partial charge < -0.3 is 9.84 Å². The Morgan fingerprint density at radius 1 is 1.73 bits per heavy atom. The molecule has 2 heterocycles. The number of nitrogens with one attached hydrogen (secondary N) is 1. The molecule has 0 unspecified atom stereocenters.